The molecule has 0 aliphatic rings. The van der Waals surface area contributed by atoms with Crippen LogP contribution in [0.15, 0.2) is 23.4 Å². The Morgan fingerprint density at radius 3 is 2.68 bits per heavy atom. The molecule has 0 radical (unpaired) electrons. The lowest BCUT2D eigenvalue weighted by Gasteiger charge is -2.15. The first-order valence-corrected chi connectivity index (χ1v) is 5.72. The second kappa shape index (κ2) is 4.68. The Bertz CT molecular complexity index is 687. The fourth-order valence-electron chi connectivity index (χ4n) is 2.01. The van der Waals surface area contributed by atoms with Crippen molar-refractivity contribution >= 4 is 5.97 Å². The SMILES string of the molecule is Cc1ccn(C(C)c2ncnn2C)c(=O)c1C(=O)O. The van der Waals surface area contributed by atoms with E-state index in [0.717, 1.165) is 0 Å². The zero-order valence-corrected chi connectivity index (χ0v) is 10.9. The minimum atomic E-state index is -1.22. The van der Waals surface area contributed by atoms with Gasteiger partial charge in [-0.1, -0.05) is 0 Å². The highest BCUT2D eigenvalue weighted by molar-refractivity contribution is 5.88. The average molecular weight is 262 g/mol. The van der Waals surface area contributed by atoms with Crippen LogP contribution >= 0.6 is 0 Å². The molecule has 0 aromatic carbocycles. The Balaban J connectivity index is 2.59. The lowest BCUT2D eigenvalue weighted by molar-refractivity contribution is 0.0693. The quantitative estimate of drug-likeness (QED) is 0.874. The molecule has 0 aliphatic carbocycles. The van der Waals surface area contributed by atoms with Crippen LogP contribution in [0.4, 0.5) is 0 Å². The van der Waals surface area contributed by atoms with Crippen LogP contribution in [-0.2, 0) is 7.05 Å². The molecule has 0 saturated heterocycles. The van der Waals surface area contributed by atoms with Crippen molar-refractivity contribution in [3.8, 4) is 0 Å². The minimum absolute atomic E-state index is 0.212. The maximum atomic E-state index is 12.2. The standard InChI is InChI=1S/C12H14N4O3/c1-7-4-5-16(11(17)9(7)12(18)19)8(2)10-13-6-14-15(10)3/h4-6,8H,1-3H3,(H,18,19). The van der Waals surface area contributed by atoms with Gasteiger partial charge in [-0.3, -0.25) is 9.48 Å². The highest BCUT2D eigenvalue weighted by atomic mass is 16.4. The molecule has 7 nitrogen and oxygen atoms in total. The lowest BCUT2D eigenvalue weighted by atomic mass is 10.1. The van der Waals surface area contributed by atoms with Crippen LogP contribution < -0.4 is 5.56 Å². The third-order valence-corrected chi connectivity index (χ3v) is 3.08. The molecule has 1 atom stereocenters. The van der Waals surface area contributed by atoms with Crippen molar-refractivity contribution < 1.29 is 9.90 Å². The van der Waals surface area contributed by atoms with Gasteiger partial charge in [-0.25, -0.2) is 9.78 Å². The lowest BCUT2D eigenvalue weighted by Crippen LogP contribution is -2.30. The molecule has 19 heavy (non-hydrogen) atoms. The van der Waals surface area contributed by atoms with E-state index in [4.69, 9.17) is 5.11 Å². The molecule has 2 aromatic rings. The molecular formula is C12H14N4O3. The number of hydrogen-bond acceptors (Lipinski definition) is 4. The first kappa shape index (κ1) is 13.0. The number of aryl methyl sites for hydroxylation is 2. The van der Waals surface area contributed by atoms with Crippen LogP contribution in [0.5, 0.6) is 0 Å². The summed E-state index contributed by atoms with van der Waals surface area (Å²) in [5.41, 5.74) is -0.307. The number of carboxylic acid groups (broad SMARTS) is 1. The van der Waals surface area contributed by atoms with Gasteiger partial charge in [0.1, 0.15) is 17.7 Å². The van der Waals surface area contributed by atoms with E-state index < -0.39 is 17.6 Å². The Morgan fingerprint density at radius 2 is 2.16 bits per heavy atom. The summed E-state index contributed by atoms with van der Waals surface area (Å²) in [6.45, 7) is 3.37. The summed E-state index contributed by atoms with van der Waals surface area (Å²) >= 11 is 0. The van der Waals surface area contributed by atoms with E-state index in [1.165, 1.54) is 10.9 Å². The molecule has 1 unspecified atom stereocenters. The van der Waals surface area contributed by atoms with Crippen LogP contribution in [0.25, 0.3) is 0 Å². The summed E-state index contributed by atoms with van der Waals surface area (Å²) in [5, 5.41) is 13.0. The summed E-state index contributed by atoms with van der Waals surface area (Å²) in [6, 6.07) is 1.22. The molecule has 0 bridgehead atoms. The largest absolute Gasteiger partial charge is 0.477 e. The summed E-state index contributed by atoms with van der Waals surface area (Å²) in [7, 11) is 1.72. The molecule has 2 rings (SSSR count). The molecule has 0 saturated carbocycles. The van der Waals surface area contributed by atoms with Crippen molar-refractivity contribution in [1.82, 2.24) is 19.3 Å². The summed E-state index contributed by atoms with van der Waals surface area (Å²) in [5.74, 6) is -0.635. The monoisotopic (exact) mass is 262 g/mol. The maximum Gasteiger partial charge on any atom is 0.341 e. The predicted octanol–water partition coefficient (Wildman–Crippen LogP) is 0.593. The van der Waals surface area contributed by atoms with Gasteiger partial charge in [0.05, 0.1) is 6.04 Å². The number of carboxylic acids is 1. The molecule has 7 heteroatoms. The molecule has 0 aliphatic heterocycles. The molecule has 2 heterocycles. The third kappa shape index (κ3) is 2.14. The molecule has 2 aromatic heterocycles. The van der Waals surface area contributed by atoms with E-state index in [9.17, 15) is 9.59 Å². The van der Waals surface area contributed by atoms with Crippen LogP contribution in [0.3, 0.4) is 0 Å². The van der Waals surface area contributed by atoms with Crippen LogP contribution in [0.1, 0.15) is 34.7 Å². The number of pyridine rings is 1. The highest BCUT2D eigenvalue weighted by Gasteiger charge is 2.20. The van der Waals surface area contributed by atoms with Gasteiger partial charge in [0.15, 0.2) is 0 Å². The van der Waals surface area contributed by atoms with E-state index in [0.29, 0.717) is 11.4 Å². The van der Waals surface area contributed by atoms with E-state index in [1.54, 1.807) is 37.8 Å². The van der Waals surface area contributed by atoms with E-state index in [2.05, 4.69) is 10.1 Å². The Hall–Kier alpha value is -2.44. The van der Waals surface area contributed by atoms with Crippen LogP contribution in [0.2, 0.25) is 0 Å². The van der Waals surface area contributed by atoms with Gasteiger partial charge in [0.2, 0.25) is 0 Å². The average Bonchev–Trinajstić information content (AvgIpc) is 2.74. The van der Waals surface area contributed by atoms with Gasteiger partial charge < -0.3 is 9.67 Å². The topological polar surface area (TPSA) is 90.0 Å². The number of hydrogen-bond donors (Lipinski definition) is 1. The van der Waals surface area contributed by atoms with Gasteiger partial charge in [-0.2, -0.15) is 5.10 Å². The minimum Gasteiger partial charge on any atom is -0.477 e. The van der Waals surface area contributed by atoms with Crippen LogP contribution in [0, 0.1) is 6.92 Å². The van der Waals surface area contributed by atoms with E-state index in [-0.39, 0.29) is 5.56 Å². The van der Waals surface area contributed by atoms with E-state index >= 15 is 0 Å². The van der Waals surface area contributed by atoms with Gasteiger partial charge in [-0.15, -0.1) is 0 Å². The van der Waals surface area contributed by atoms with Crippen molar-refractivity contribution in [1.29, 1.82) is 0 Å². The Kier molecular flexibility index (Phi) is 3.20. The first-order valence-electron chi connectivity index (χ1n) is 5.72. The molecule has 0 amide bonds. The summed E-state index contributed by atoms with van der Waals surface area (Å²) in [4.78, 5) is 27.4. The van der Waals surface area contributed by atoms with Crippen molar-refractivity contribution in [2.75, 3.05) is 0 Å². The highest BCUT2D eigenvalue weighted by Crippen LogP contribution is 2.13. The molecule has 0 fully saturated rings. The Morgan fingerprint density at radius 1 is 1.47 bits per heavy atom. The van der Waals surface area contributed by atoms with Gasteiger partial charge in [0.25, 0.3) is 5.56 Å². The molecule has 1 N–H and O–H groups in total. The molecule has 100 valence electrons. The molecule has 0 spiro atoms. The third-order valence-electron chi connectivity index (χ3n) is 3.08. The van der Waals surface area contributed by atoms with Crippen molar-refractivity contribution in [2.45, 2.75) is 19.9 Å². The second-order valence-corrected chi connectivity index (χ2v) is 4.31. The predicted molar refractivity (Wildman–Crippen MR) is 67.2 cm³/mol. The van der Waals surface area contributed by atoms with Gasteiger partial charge >= 0.3 is 5.97 Å². The smallest absolute Gasteiger partial charge is 0.341 e. The first-order chi connectivity index (χ1) is 8.93. The number of carbonyl (C=O) groups is 1. The normalized spacial score (nSPS) is 12.4. The number of aromatic carboxylic acids is 1. The summed E-state index contributed by atoms with van der Waals surface area (Å²) in [6.07, 6.45) is 2.96. The number of nitrogens with zero attached hydrogens (tertiary/aromatic N) is 4. The van der Waals surface area contributed by atoms with Crippen molar-refractivity contribution in [3.05, 3.63) is 45.9 Å². The molecular weight excluding hydrogens is 248 g/mol. The zero-order valence-electron chi connectivity index (χ0n) is 10.9. The maximum absolute atomic E-state index is 12.2. The zero-order chi connectivity index (χ0) is 14.2. The second-order valence-electron chi connectivity index (χ2n) is 4.31. The number of rotatable bonds is 3. The summed E-state index contributed by atoms with van der Waals surface area (Å²) < 4.78 is 2.90. The fraction of sp³-hybridized carbons (Fsp3) is 0.333. The van der Waals surface area contributed by atoms with E-state index in [1.807, 2.05) is 0 Å². The fourth-order valence-corrected chi connectivity index (χ4v) is 2.01. The van der Waals surface area contributed by atoms with Crippen LogP contribution in [-0.4, -0.2) is 30.4 Å². The van der Waals surface area contributed by atoms with Crippen molar-refractivity contribution in [3.63, 3.8) is 0 Å². The van der Waals surface area contributed by atoms with Crippen molar-refractivity contribution in [2.24, 2.45) is 7.05 Å². The van der Waals surface area contributed by atoms with Gasteiger partial charge in [-0.05, 0) is 25.5 Å². The Labute approximate surface area is 109 Å². The van der Waals surface area contributed by atoms with Gasteiger partial charge in [0, 0.05) is 13.2 Å². The number of aromatic nitrogens is 4.